The van der Waals surface area contributed by atoms with Crippen LogP contribution < -0.4 is 15.6 Å². The van der Waals surface area contributed by atoms with Crippen molar-refractivity contribution in [3.63, 3.8) is 0 Å². The van der Waals surface area contributed by atoms with E-state index in [2.05, 4.69) is 10.9 Å². The van der Waals surface area contributed by atoms with Gasteiger partial charge in [0.2, 0.25) is 0 Å². The van der Waals surface area contributed by atoms with Crippen molar-refractivity contribution in [2.24, 2.45) is 0 Å². The molecule has 1 rings (SSSR count). The van der Waals surface area contributed by atoms with E-state index >= 15 is 0 Å². The zero-order chi connectivity index (χ0) is 17.1. The van der Waals surface area contributed by atoms with E-state index in [0.29, 0.717) is 17.2 Å². The number of hydrazine groups is 1. The van der Waals surface area contributed by atoms with E-state index < -0.39 is 24.4 Å². The van der Waals surface area contributed by atoms with Crippen LogP contribution in [0, 0.1) is 0 Å². The van der Waals surface area contributed by atoms with Gasteiger partial charge in [-0.25, -0.2) is 0 Å². The number of ether oxygens (including phenoxy) is 2. The molecular formula is C15H19ClN2O5. The van der Waals surface area contributed by atoms with Crippen molar-refractivity contribution in [3.8, 4) is 5.75 Å². The average Bonchev–Trinajstić information content (AvgIpc) is 2.55. The second-order valence-electron chi connectivity index (χ2n) is 4.60. The van der Waals surface area contributed by atoms with Gasteiger partial charge in [-0.2, -0.15) is 0 Å². The number of benzene rings is 1. The maximum absolute atomic E-state index is 11.5. The first-order valence-corrected chi connectivity index (χ1v) is 7.50. The van der Waals surface area contributed by atoms with E-state index in [1.54, 1.807) is 24.3 Å². The van der Waals surface area contributed by atoms with Gasteiger partial charge in [-0.3, -0.25) is 25.2 Å². The molecule has 0 heterocycles. The summed E-state index contributed by atoms with van der Waals surface area (Å²) in [4.78, 5) is 34.1. The molecule has 0 fully saturated rings. The molecule has 0 aliphatic heterocycles. The van der Waals surface area contributed by atoms with Crippen molar-refractivity contribution in [1.82, 2.24) is 10.9 Å². The highest BCUT2D eigenvalue weighted by atomic mass is 35.5. The summed E-state index contributed by atoms with van der Waals surface area (Å²) in [6.07, 6.45) is 1.84. The smallest absolute Gasteiger partial charge is 0.306 e. The van der Waals surface area contributed by atoms with Gasteiger partial charge < -0.3 is 9.47 Å². The van der Waals surface area contributed by atoms with Crippen molar-refractivity contribution < 1.29 is 23.9 Å². The van der Waals surface area contributed by atoms with Crippen LogP contribution in [-0.4, -0.2) is 31.0 Å². The first-order chi connectivity index (χ1) is 11.0. The van der Waals surface area contributed by atoms with Gasteiger partial charge in [-0.1, -0.05) is 24.9 Å². The predicted molar refractivity (Wildman–Crippen MR) is 83.7 cm³/mol. The summed E-state index contributed by atoms with van der Waals surface area (Å²) in [7, 11) is 0. The van der Waals surface area contributed by atoms with E-state index in [0.717, 1.165) is 6.42 Å². The molecule has 23 heavy (non-hydrogen) atoms. The van der Waals surface area contributed by atoms with Crippen molar-refractivity contribution in [1.29, 1.82) is 0 Å². The van der Waals surface area contributed by atoms with Gasteiger partial charge in [-0.05, 0) is 30.7 Å². The third-order valence-electron chi connectivity index (χ3n) is 2.62. The first kappa shape index (κ1) is 18.8. The number of carbonyl (C=O) groups excluding carboxylic acids is 3. The van der Waals surface area contributed by atoms with Gasteiger partial charge in [0.1, 0.15) is 5.75 Å². The van der Waals surface area contributed by atoms with Crippen LogP contribution in [0.15, 0.2) is 24.3 Å². The second-order valence-corrected chi connectivity index (χ2v) is 5.04. The van der Waals surface area contributed by atoms with Gasteiger partial charge in [0.15, 0.2) is 13.2 Å². The van der Waals surface area contributed by atoms with E-state index in [1.165, 1.54) is 0 Å². The summed E-state index contributed by atoms with van der Waals surface area (Å²) >= 11 is 5.72. The topological polar surface area (TPSA) is 93.7 Å². The summed E-state index contributed by atoms with van der Waals surface area (Å²) in [6.45, 7) is 1.22. The fraction of sp³-hybridized carbons (Fsp3) is 0.400. The highest BCUT2D eigenvalue weighted by Crippen LogP contribution is 2.15. The summed E-state index contributed by atoms with van der Waals surface area (Å²) in [5.74, 6) is -1.15. The summed E-state index contributed by atoms with van der Waals surface area (Å²) in [6, 6.07) is 6.49. The molecule has 7 nitrogen and oxygen atoms in total. The average molecular weight is 343 g/mol. The fourth-order valence-electron chi connectivity index (χ4n) is 1.43. The summed E-state index contributed by atoms with van der Waals surface area (Å²) in [5, 5.41) is 0.558. The van der Waals surface area contributed by atoms with Crippen LogP contribution in [0.25, 0.3) is 0 Å². The number of hydrogen-bond acceptors (Lipinski definition) is 5. The number of amides is 2. The molecule has 0 aliphatic rings. The molecular weight excluding hydrogens is 324 g/mol. The number of rotatable bonds is 8. The molecule has 126 valence electrons. The number of halogens is 1. The molecule has 2 amide bonds. The van der Waals surface area contributed by atoms with E-state index in [9.17, 15) is 14.4 Å². The van der Waals surface area contributed by atoms with Gasteiger partial charge in [0.05, 0.1) is 0 Å². The Labute approximate surface area is 139 Å². The van der Waals surface area contributed by atoms with Gasteiger partial charge in [0, 0.05) is 11.4 Å². The van der Waals surface area contributed by atoms with E-state index in [1.807, 2.05) is 6.92 Å². The number of esters is 1. The minimum atomic E-state index is -0.630. The maximum Gasteiger partial charge on any atom is 0.306 e. The van der Waals surface area contributed by atoms with Crippen molar-refractivity contribution >= 4 is 29.4 Å². The van der Waals surface area contributed by atoms with Gasteiger partial charge >= 0.3 is 5.97 Å². The molecule has 2 N–H and O–H groups in total. The van der Waals surface area contributed by atoms with Crippen LogP contribution in [0.1, 0.15) is 26.2 Å². The third kappa shape index (κ3) is 8.67. The first-order valence-electron chi connectivity index (χ1n) is 7.13. The molecule has 1 aromatic rings. The molecule has 0 saturated carbocycles. The van der Waals surface area contributed by atoms with E-state index in [4.69, 9.17) is 21.1 Å². The molecule has 0 atom stereocenters. The Balaban J connectivity index is 2.16. The predicted octanol–water partition coefficient (Wildman–Crippen LogP) is 1.60. The van der Waals surface area contributed by atoms with Crippen molar-refractivity contribution in [2.75, 3.05) is 13.2 Å². The summed E-state index contributed by atoms with van der Waals surface area (Å²) in [5.41, 5.74) is 4.27. The van der Waals surface area contributed by atoms with Gasteiger partial charge in [-0.15, -0.1) is 0 Å². The number of nitrogens with one attached hydrogen (secondary N) is 2. The zero-order valence-corrected chi connectivity index (χ0v) is 13.5. The minimum absolute atomic E-state index is 0.269. The lowest BCUT2D eigenvalue weighted by Gasteiger charge is -2.09. The number of unbranched alkanes of at least 4 members (excludes halogenated alkanes) is 1. The number of hydrogen-bond donors (Lipinski definition) is 2. The Bertz CT molecular complexity index is 533. The van der Waals surface area contributed by atoms with Crippen molar-refractivity contribution in [2.45, 2.75) is 26.2 Å². The lowest BCUT2D eigenvalue weighted by atomic mass is 10.2. The van der Waals surface area contributed by atoms with Crippen LogP contribution in [0.3, 0.4) is 0 Å². The van der Waals surface area contributed by atoms with Crippen LogP contribution in [0.5, 0.6) is 5.75 Å². The molecule has 0 saturated heterocycles. The largest absolute Gasteiger partial charge is 0.484 e. The molecule has 1 aromatic carbocycles. The molecule has 0 spiro atoms. The molecule has 0 aliphatic carbocycles. The summed E-state index contributed by atoms with van der Waals surface area (Å²) < 4.78 is 9.92. The lowest BCUT2D eigenvalue weighted by Crippen LogP contribution is -2.45. The zero-order valence-electron chi connectivity index (χ0n) is 12.8. The Morgan fingerprint density at radius 1 is 1.04 bits per heavy atom. The Kier molecular flexibility index (Phi) is 8.52. The molecule has 0 aromatic heterocycles. The number of carbonyl (C=O) groups is 3. The lowest BCUT2D eigenvalue weighted by molar-refractivity contribution is -0.149. The van der Waals surface area contributed by atoms with Crippen LogP contribution in [0.2, 0.25) is 5.02 Å². The van der Waals surface area contributed by atoms with Crippen LogP contribution in [0.4, 0.5) is 0 Å². The second kappa shape index (κ2) is 10.4. The Morgan fingerprint density at radius 2 is 1.65 bits per heavy atom. The molecule has 0 bridgehead atoms. The third-order valence-corrected chi connectivity index (χ3v) is 2.88. The highest BCUT2D eigenvalue weighted by molar-refractivity contribution is 6.30. The molecule has 0 unspecified atom stereocenters. The van der Waals surface area contributed by atoms with Crippen LogP contribution in [-0.2, 0) is 19.1 Å². The Morgan fingerprint density at radius 3 is 2.26 bits per heavy atom. The fourth-order valence-corrected chi connectivity index (χ4v) is 1.56. The SMILES string of the molecule is CCCCC(=O)OCC(=O)NNC(=O)COc1ccc(Cl)cc1. The molecule has 0 radical (unpaired) electrons. The minimum Gasteiger partial charge on any atom is -0.484 e. The Hall–Kier alpha value is -2.28. The highest BCUT2D eigenvalue weighted by Gasteiger charge is 2.08. The standard InChI is InChI=1S/C15H19ClN2O5/c1-2-3-4-15(21)23-10-14(20)18-17-13(19)9-22-12-7-5-11(16)6-8-12/h5-8H,2-4,9-10H2,1H3,(H,17,19)(H,18,20). The van der Waals surface area contributed by atoms with E-state index in [-0.39, 0.29) is 13.0 Å². The maximum atomic E-state index is 11.5. The monoisotopic (exact) mass is 342 g/mol. The molecule has 8 heteroatoms. The normalized spacial score (nSPS) is 9.83. The van der Waals surface area contributed by atoms with Gasteiger partial charge in [0.25, 0.3) is 11.8 Å². The van der Waals surface area contributed by atoms with Crippen LogP contribution >= 0.6 is 11.6 Å². The van der Waals surface area contributed by atoms with Crippen molar-refractivity contribution in [3.05, 3.63) is 29.3 Å². The quantitative estimate of drug-likeness (QED) is 0.553.